The fourth-order valence-corrected chi connectivity index (χ4v) is 3.72. The number of nitrogens with zero attached hydrogens (tertiary/aromatic N) is 1. The highest BCUT2D eigenvalue weighted by molar-refractivity contribution is 5.79. The number of ether oxygens (including phenoxy) is 1. The summed E-state index contributed by atoms with van der Waals surface area (Å²) in [5, 5.41) is 9.10. The van der Waals surface area contributed by atoms with Crippen molar-refractivity contribution in [1.29, 1.82) is 0 Å². The van der Waals surface area contributed by atoms with Gasteiger partial charge in [0.2, 0.25) is 5.91 Å². The van der Waals surface area contributed by atoms with Gasteiger partial charge in [-0.15, -0.1) is 0 Å². The van der Waals surface area contributed by atoms with E-state index in [0.717, 1.165) is 12.2 Å². The van der Waals surface area contributed by atoms with E-state index in [4.69, 9.17) is 9.84 Å². The van der Waals surface area contributed by atoms with Crippen LogP contribution in [0.2, 0.25) is 0 Å². The number of benzene rings is 1. The first kappa shape index (κ1) is 19.3. The molecular weight excluding hydrogens is 318 g/mol. The quantitative estimate of drug-likeness (QED) is 0.821. The van der Waals surface area contributed by atoms with Gasteiger partial charge in [0, 0.05) is 18.5 Å². The van der Waals surface area contributed by atoms with Gasteiger partial charge in [0.05, 0.1) is 13.0 Å². The number of carbonyl (C=O) groups is 2. The summed E-state index contributed by atoms with van der Waals surface area (Å²) in [6.07, 6.45) is 3.38. The van der Waals surface area contributed by atoms with Crippen LogP contribution >= 0.6 is 0 Å². The molecule has 1 aliphatic rings. The molecule has 1 aliphatic carbocycles. The van der Waals surface area contributed by atoms with Gasteiger partial charge in [0.15, 0.2) is 0 Å². The molecule has 5 nitrogen and oxygen atoms in total. The van der Waals surface area contributed by atoms with Crippen molar-refractivity contribution in [2.45, 2.75) is 52.0 Å². The van der Waals surface area contributed by atoms with E-state index in [1.807, 2.05) is 36.1 Å². The Bertz CT molecular complexity index is 576. The summed E-state index contributed by atoms with van der Waals surface area (Å²) < 4.78 is 5.18. The molecule has 0 aliphatic heterocycles. The van der Waals surface area contributed by atoms with Gasteiger partial charge in [-0.05, 0) is 63.6 Å². The highest BCUT2D eigenvalue weighted by atomic mass is 16.5. The molecular formula is C20H29NO4. The van der Waals surface area contributed by atoms with Gasteiger partial charge in [-0.2, -0.15) is 0 Å². The molecule has 25 heavy (non-hydrogen) atoms. The third-order valence-electron chi connectivity index (χ3n) is 5.27. The Morgan fingerprint density at radius 2 is 1.72 bits per heavy atom. The first-order valence-corrected chi connectivity index (χ1v) is 9.12. The van der Waals surface area contributed by atoms with Crippen molar-refractivity contribution in [1.82, 2.24) is 4.90 Å². The summed E-state index contributed by atoms with van der Waals surface area (Å²) in [4.78, 5) is 25.9. The number of likely N-dealkylation sites (N-methyl/N-ethyl adjacent to an activating group) is 1. The number of aliphatic carboxylic acids is 1. The monoisotopic (exact) mass is 347 g/mol. The SMILES string of the molecule is CCN(C(=O)C1CCC(C(=O)O)CC1)C(C)Cc1ccc(OC)cc1. The maximum Gasteiger partial charge on any atom is 0.306 e. The first-order valence-electron chi connectivity index (χ1n) is 9.12. The van der Waals surface area contributed by atoms with E-state index < -0.39 is 5.97 Å². The van der Waals surface area contributed by atoms with E-state index >= 15 is 0 Å². The number of hydrogen-bond acceptors (Lipinski definition) is 3. The Balaban J connectivity index is 1.95. The predicted molar refractivity (Wildman–Crippen MR) is 96.6 cm³/mol. The second-order valence-electron chi connectivity index (χ2n) is 6.91. The Hall–Kier alpha value is -2.04. The molecule has 1 aromatic carbocycles. The van der Waals surface area contributed by atoms with Crippen LogP contribution in [0.25, 0.3) is 0 Å². The van der Waals surface area contributed by atoms with Gasteiger partial charge < -0.3 is 14.7 Å². The molecule has 0 saturated heterocycles. The van der Waals surface area contributed by atoms with Crippen LogP contribution in [0, 0.1) is 11.8 Å². The topological polar surface area (TPSA) is 66.8 Å². The lowest BCUT2D eigenvalue weighted by molar-refractivity contribution is -0.146. The molecule has 0 heterocycles. The van der Waals surface area contributed by atoms with Crippen molar-refractivity contribution in [3.8, 4) is 5.75 Å². The molecule has 1 unspecified atom stereocenters. The minimum absolute atomic E-state index is 0.0335. The van der Waals surface area contributed by atoms with Crippen LogP contribution < -0.4 is 4.74 Å². The average Bonchev–Trinajstić information content (AvgIpc) is 2.63. The molecule has 1 N–H and O–H groups in total. The van der Waals surface area contributed by atoms with Crippen molar-refractivity contribution in [3.63, 3.8) is 0 Å². The Kier molecular flexibility index (Phi) is 6.85. The van der Waals surface area contributed by atoms with Gasteiger partial charge in [-0.1, -0.05) is 12.1 Å². The minimum Gasteiger partial charge on any atom is -0.497 e. The third kappa shape index (κ3) is 4.97. The van der Waals surface area contributed by atoms with E-state index in [0.29, 0.717) is 32.2 Å². The zero-order chi connectivity index (χ0) is 18.4. The summed E-state index contributed by atoms with van der Waals surface area (Å²) >= 11 is 0. The summed E-state index contributed by atoms with van der Waals surface area (Å²) in [6.45, 7) is 4.76. The van der Waals surface area contributed by atoms with E-state index in [2.05, 4.69) is 6.92 Å². The van der Waals surface area contributed by atoms with Gasteiger partial charge in [0.25, 0.3) is 0 Å². The Morgan fingerprint density at radius 1 is 1.16 bits per heavy atom. The number of rotatable bonds is 7. The molecule has 1 amide bonds. The van der Waals surface area contributed by atoms with Crippen molar-refractivity contribution in [2.24, 2.45) is 11.8 Å². The minimum atomic E-state index is -0.730. The van der Waals surface area contributed by atoms with Crippen LogP contribution in [0.1, 0.15) is 45.1 Å². The molecule has 2 rings (SSSR count). The Morgan fingerprint density at radius 3 is 2.20 bits per heavy atom. The number of amides is 1. The molecule has 0 spiro atoms. The molecule has 1 saturated carbocycles. The summed E-state index contributed by atoms with van der Waals surface area (Å²) in [7, 11) is 1.65. The maximum atomic E-state index is 12.9. The molecule has 5 heteroatoms. The smallest absolute Gasteiger partial charge is 0.306 e. The first-order chi connectivity index (χ1) is 12.0. The number of carbonyl (C=O) groups excluding carboxylic acids is 1. The molecule has 138 valence electrons. The zero-order valence-electron chi connectivity index (χ0n) is 15.4. The lowest BCUT2D eigenvalue weighted by atomic mass is 9.81. The average molecular weight is 347 g/mol. The fourth-order valence-electron chi connectivity index (χ4n) is 3.72. The molecule has 0 bridgehead atoms. The normalized spacial score (nSPS) is 21.4. The van der Waals surface area contributed by atoms with E-state index in [-0.39, 0.29) is 23.8 Å². The van der Waals surface area contributed by atoms with Gasteiger partial charge in [0.1, 0.15) is 5.75 Å². The second kappa shape index (κ2) is 8.88. The van der Waals surface area contributed by atoms with Crippen LogP contribution in [0.3, 0.4) is 0 Å². The van der Waals surface area contributed by atoms with Crippen LogP contribution in [0.5, 0.6) is 5.75 Å². The van der Waals surface area contributed by atoms with Crippen LogP contribution in [-0.4, -0.2) is 41.6 Å². The highest BCUT2D eigenvalue weighted by Gasteiger charge is 2.33. The summed E-state index contributed by atoms with van der Waals surface area (Å²) in [6, 6.07) is 8.06. The van der Waals surface area contributed by atoms with Crippen molar-refractivity contribution >= 4 is 11.9 Å². The molecule has 1 atom stereocenters. The van der Waals surface area contributed by atoms with Crippen molar-refractivity contribution < 1.29 is 19.4 Å². The highest BCUT2D eigenvalue weighted by Crippen LogP contribution is 2.31. The number of carboxylic acids is 1. The molecule has 1 aromatic rings. The van der Waals surface area contributed by atoms with Gasteiger partial charge in [-0.3, -0.25) is 9.59 Å². The third-order valence-corrected chi connectivity index (χ3v) is 5.27. The standard InChI is InChI=1S/C20H29NO4/c1-4-21(14(2)13-15-5-11-18(25-3)12-6-15)19(22)16-7-9-17(10-8-16)20(23)24/h5-6,11-12,14,16-17H,4,7-10,13H2,1-3H3,(H,23,24). The number of carboxylic acid groups (broad SMARTS) is 1. The molecule has 1 fully saturated rings. The number of hydrogen-bond donors (Lipinski definition) is 1. The van der Waals surface area contributed by atoms with E-state index in [9.17, 15) is 9.59 Å². The maximum absolute atomic E-state index is 12.9. The largest absolute Gasteiger partial charge is 0.497 e. The molecule has 0 radical (unpaired) electrons. The van der Waals surface area contributed by atoms with Crippen LogP contribution in [0.4, 0.5) is 0 Å². The predicted octanol–water partition coefficient (Wildman–Crippen LogP) is 3.37. The van der Waals surface area contributed by atoms with Crippen LogP contribution in [-0.2, 0) is 16.0 Å². The summed E-state index contributed by atoms with van der Waals surface area (Å²) in [5.41, 5.74) is 1.18. The number of methoxy groups -OCH3 is 1. The lowest BCUT2D eigenvalue weighted by Crippen LogP contribution is -2.44. The Labute approximate surface area is 150 Å². The second-order valence-corrected chi connectivity index (χ2v) is 6.91. The zero-order valence-corrected chi connectivity index (χ0v) is 15.4. The van der Waals surface area contributed by atoms with Gasteiger partial charge >= 0.3 is 5.97 Å². The van der Waals surface area contributed by atoms with E-state index in [1.165, 1.54) is 5.56 Å². The van der Waals surface area contributed by atoms with Crippen molar-refractivity contribution in [2.75, 3.05) is 13.7 Å². The lowest BCUT2D eigenvalue weighted by Gasteiger charge is -2.34. The molecule has 0 aromatic heterocycles. The van der Waals surface area contributed by atoms with E-state index in [1.54, 1.807) is 7.11 Å². The fraction of sp³-hybridized carbons (Fsp3) is 0.600. The summed E-state index contributed by atoms with van der Waals surface area (Å²) in [5.74, 6) is -0.0433. The van der Waals surface area contributed by atoms with Crippen molar-refractivity contribution in [3.05, 3.63) is 29.8 Å². The van der Waals surface area contributed by atoms with Crippen LogP contribution in [0.15, 0.2) is 24.3 Å². The van der Waals surface area contributed by atoms with Gasteiger partial charge in [-0.25, -0.2) is 0 Å².